The van der Waals surface area contributed by atoms with E-state index in [0.717, 1.165) is 29.9 Å². The van der Waals surface area contributed by atoms with Gasteiger partial charge in [-0.15, -0.1) is 0 Å². The minimum Gasteiger partial charge on any atom is -0.497 e. The standard InChI is InChI=1S/C16H25NO4/c1-11(10-16(2,17)15(18)19)5-6-12-7-8-13(20-3)9-14(12)21-4/h7-9,11H,5-6,10,17H2,1-4H3,(H,18,19). The van der Waals surface area contributed by atoms with Crippen LogP contribution in [0.1, 0.15) is 32.3 Å². The SMILES string of the molecule is COc1ccc(CCC(C)CC(C)(N)C(=O)O)c(OC)c1. The molecule has 0 saturated carbocycles. The second-order valence-corrected chi connectivity index (χ2v) is 5.75. The molecule has 0 amide bonds. The molecule has 0 radical (unpaired) electrons. The van der Waals surface area contributed by atoms with Crippen molar-refractivity contribution in [3.05, 3.63) is 23.8 Å². The van der Waals surface area contributed by atoms with Gasteiger partial charge in [0.2, 0.25) is 0 Å². The van der Waals surface area contributed by atoms with E-state index in [1.54, 1.807) is 21.1 Å². The number of methoxy groups -OCH3 is 2. The summed E-state index contributed by atoms with van der Waals surface area (Å²) >= 11 is 0. The Morgan fingerprint density at radius 3 is 2.57 bits per heavy atom. The molecule has 2 atom stereocenters. The maximum Gasteiger partial charge on any atom is 0.323 e. The topological polar surface area (TPSA) is 81.8 Å². The highest BCUT2D eigenvalue weighted by Gasteiger charge is 2.29. The molecule has 1 aromatic carbocycles. The minimum atomic E-state index is -1.18. The lowest BCUT2D eigenvalue weighted by atomic mass is 9.87. The van der Waals surface area contributed by atoms with Crippen molar-refractivity contribution in [1.82, 2.24) is 0 Å². The van der Waals surface area contributed by atoms with E-state index in [2.05, 4.69) is 0 Å². The van der Waals surface area contributed by atoms with Gasteiger partial charge in [0.15, 0.2) is 0 Å². The maximum atomic E-state index is 11.0. The van der Waals surface area contributed by atoms with Crippen molar-refractivity contribution in [2.45, 2.75) is 38.6 Å². The number of aryl methyl sites for hydroxylation is 1. The lowest BCUT2D eigenvalue weighted by molar-refractivity contribution is -0.143. The second-order valence-electron chi connectivity index (χ2n) is 5.75. The molecule has 21 heavy (non-hydrogen) atoms. The number of ether oxygens (including phenoxy) is 2. The molecule has 0 aliphatic heterocycles. The molecule has 0 spiro atoms. The third-order valence-corrected chi connectivity index (χ3v) is 3.66. The molecule has 0 bridgehead atoms. The summed E-state index contributed by atoms with van der Waals surface area (Å²) in [6.45, 7) is 3.57. The van der Waals surface area contributed by atoms with Crippen LogP contribution in [-0.2, 0) is 11.2 Å². The van der Waals surface area contributed by atoms with Crippen LogP contribution in [0.15, 0.2) is 18.2 Å². The molecule has 1 rings (SSSR count). The summed E-state index contributed by atoms with van der Waals surface area (Å²) in [6.07, 6.45) is 2.10. The molecular formula is C16H25NO4. The summed E-state index contributed by atoms with van der Waals surface area (Å²) < 4.78 is 10.5. The molecule has 0 aliphatic carbocycles. The van der Waals surface area contributed by atoms with Crippen molar-refractivity contribution in [2.75, 3.05) is 14.2 Å². The molecule has 0 fully saturated rings. The van der Waals surface area contributed by atoms with Crippen LogP contribution in [0.25, 0.3) is 0 Å². The molecular weight excluding hydrogens is 270 g/mol. The summed E-state index contributed by atoms with van der Waals surface area (Å²) in [5, 5.41) is 9.06. The first kappa shape index (κ1) is 17.3. The molecule has 0 aliphatic rings. The summed E-state index contributed by atoms with van der Waals surface area (Å²) in [4.78, 5) is 11.0. The summed E-state index contributed by atoms with van der Waals surface area (Å²) in [6, 6.07) is 5.72. The van der Waals surface area contributed by atoms with E-state index in [4.69, 9.17) is 20.3 Å². The van der Waals surface area contributed by atoms with E-state index in [9.17, 15) is 4.79 Å². The predicted octanol–water partition coefficient (Wildman–Crippen LogP) is 2.46. The van der Waals surface area contributed by atoms with Crippen molar-refractivity contribution < 1.29 is 19.4 Å². The monoisotopic (exact) mass is 295 g/mol. The summed E-state index contributed by atoms with van der Waals surface area (Å²) in [7, 11) is 3.24. The van der Waals surface area contributed by atoms with E-state index in [1.807, 2.05) is 25.1 Å². The van der Waals surface area contributed by atoms with E-state index in [0.29, 0.717) is 6.42 Å². The Kier molecular flexibility index (Phi) is 6.03. The lowest BCUT2D eigenvalue weighted by Crippen LogP contribution is -2.46. The molecule has 3 N–H and O–H groups in total. The fraction of sp³-hybridized carbons (Fsp3) is 0.562. The van der Waals surface area contributed by atoms with Gasteiger partial charge in [-0.2, -0.15) is 0 Å². The average Bonchev–Trinajstić information content (AvgIpc) is 2.44. The number of aliphatic carboxylic acids is 1. The highest BCUT2D eigenvalue weighted by atomic mass is 16.5. The van der Waals surface area contributed by atoms with Crippen molar-refractivity contribution in [3.8, 4) is 11.5 Å². The molecule has 5 heteroatoms. The Labute approximate surface area is 126 Å². The Hall–Kier alpha value is -1.75. The highest BCUT2D eigenvalue weighted by molar-refractivity contribution is 5.77. The number of benzene rings is 1. The van der Waals surface area contributed by atoms with Gasteiger partial charge in [0.1, 0.15) is 17.0 Å². The minimum absolute atomic E-state index is 0.211. The average molecular weight is 295 g/mol. The number of carbonyl (C=O) groups is 1. The van der Waals surface area contributed by atoms with E-state index in [1.165, 1.54) is 0 Å². The van der Waals surface area contributed by atoms with Crippen LogP contribution in [0, 0.1) is 5.92 Å². The molecule has 0 aromatic heterocycles. The zero-order chi connectivity index (χ0) is 16.0. The Bertz CT molecular complexity index is 485. The van der Waals surface area contributed by atoms with E-state index >= 15 is 0 Å². The van der Waals surface area contributed by atoms with Gasteiger partial charge in [-0.25, -0.2) is 0 Å². The van der Waals surface area contributed by atoms with Gasteiger partial charge < -0.3 is 20.3 Å². The van der Waals surface area contributed by atoms with Crippen LogP contribution in [0.3, 0.4) is 0 Å². The van der Waals surface area contributed by atoms with Gasteiger partial charge in [-0.3, -0.25) is 4.79 Å². The number of hydrogen-bond donors (Lipinski definition) is 2. The summed E-state index contributed by atoms with van der Waals surface area (Å²) in [5.74, 6) is 0.790. The zero-order valence-electron chi connectivity index (χ0n) is 13.2. The zero-order valence-corrected chi connectivity index (χ0v) is 13.2. The largest absolute Gasteiger partial charge is 0.497 e. The predicted molar refractivity (Wildman–Crippen MR) is 81.9 cm³/mol. The quantitative estimate of drug-likeness (QED) is 0.770. The Balaban J connectivity index is 2.65. The van der Waals surface area contributed by atoms with Crippen molar-refractivity contribution in [2.24, 2.45) is 11.7 Å². The highest BCUT2D eigenvalue weighted by Crippen LogP contribution is 2.27. The third-order valence-electron chi connectivity index (χ3n) is 3.66. The number of rotatable bonds is 8. The van der Waals surface area contributed by atoms with Gasteiger partial charge in [-0.1, -0.05) is 13.0 Å². The third kappa shape index (κ3) is 4.93. The fourth-order valence-electron chi connectivity index (χ4n) is 2.37. The van der Waals surface area contributed by atoms with Crippen molar-refractivity contribution >= 4 is 5.97 Å². The second kappa shape index (κ2) is 7.31. The van der Waals surface area contributed by atoms with E-state index < -0.39 is 11.5 Å². The Morgan fingerprint density at radius 2 is 2.05 bits per heavy atom. The summed E-state index contributed by atoms with van der Waals surface area (Å²) in [5.41, 5.74) is 5.69. The van der Waals surface area contributed by atoms with E-state index in [-0.39, 0.29) is 5.92 Å². The smallest absolute Gasteiger partial charge is 0.323 e. The van der Waals surface area contributed by atoms with Crippen molar-refractivity contribution in [1.29, 1.82) is 0 Å². The van der Waals surface area contributed by atoms with Crippen LogP contribution >= 0.6 is 0 Å². The molecule has 0 saturated heterocycles. The number of nitrogens with two attached hydrogens (primary N) is 1. The molecule has 1 aromatic rings. The van der Waals surface area contributed by atoms with Crippen LogP contribution in [0.5, 0.6) is 11.5 Å². The Morgan fingerprint density at radius 1 is 1.38 bits per heavy atom. The van der Waals surface area contributed by atoms with Crippen LogP contribution < -0.4 is 15.2 Å². The normalized spacial score (nSPS) is 15.1. The molecule has 5 nitrogen and oxygen atoms in total. The lowest BCUT2D eigenvalue weighted by Gasteiger charge is -2.23. The number of carboxylic acids is 1. The van der Waals surface area contributed by atoms with Gasteiger partial charge in [0.05, 0.1) is 14.2 Å². The molecule has 0 heterocycles. The van der Waals surface area contributed by atoms with Gasteiger partial charge in [0.25, 0.3) is 0 Å². The maximum absolute atomic E-state index is 11.0. The van der Waals surface area contributed by atoms with Gasteiger partial charge in [0, 0.05) is 6.07 Å². The number of hydrogen-bond acceptors (Lipinski definition) is 4. The van der Waals surface area contributed by atoms with Gasteiger partial charge in [-0.05, 0) is 43.7 Å². The first-order chi connectivity index (χ1) is 9.80. The van der Waals surface area contributed by atoms with Gasteiger partial charge >= 0.3 is 5.97 Å². The van der Waals surface area contributed by atoms with Crippen LogP contribution in [0.4, 0.5) is 0 Å². The first-order valence-corrected chi connectivity index (χ1v) is 7.03. The van der Waals surface area contributed by atoms with Crippen molar-refractivity contribution in [3.63, 3.8) is 0 Å². The van der Waals surface area contributed by atoms with Crippen LogP contribution in [-0.4, -0.2) is 30.8 Å². The van der Waals surface area contributed by atoms with Crippen LogP contribution in [0.2, 0.25) is 0 Å². The first-order valence-electron chi connectivity index (χ1n) is 7.03. The fourth-order valence-corrected chi connectivity index (χ4v) is 2.37. The molecule has 2 unspecified atom stereocenters. The number of carboxylic acid groups (broad SMARTS) is 1. The molecule has 118 valence electrons.